The summed E-state index contributed by atoms with van der Waals surface area (Å²) < 4.78 is 0. The molecule has 10 nitrogen and oxygen atoms in total. The molecule has 0 saturated heterocycles. The van der Waals surface area contributed by atoms with Crippen LogP contribution in [0.25, 0.3) is 10.9 Å². The second-order valence-corrected chi connectivity index (χ2v) is 10.6. The van der Waals surface area contributed by atoms with Crippen molar-refractivity contribution in [3.63, 3.8) is 0 Å². The van der Waals surface area contributed by atoms with E-state index in [1.165, 1.54) is 0 Å². The van der Waals surface area contributed by atoms with Gasteiger partial charge in [-0.25, -0.2) is 4.79 Å². The largest absolute Gasteiger partial charge is 0.480 e. The highest BCUT2D eigenvalue weighted by Crippen LogP contribution is 2.19. The van der Waals surface area contributed by atoms with Gasteiger partial charge in [-0.3, -0.25) is 14.4 Å². The molecule has 0 aliphatic rings. The first kappa shape index (κ1) is 30.7. The minimum atomic E-state index is -1.23. The number of carbonyl (C=O) groups excluding carboxylic acids is 3. The van der Waals surface area contributed by atoms with Crippen LogP contribution in [-0.2, 0) is 32.0 Å². The number of nitrogens with two attached hydrogens (primary N) is 1. The zero-order chi connectivity index (χ0) is 29.2. The molecule has 40 heavy (non-hydrogen) atoms. The summed E-state index contributed by atoms with van der Waals surface area (Å²) >= 11 is 4.05. The molecular formula is C29H37N5O5S. The van der Waals surface area contributed by atoms with Crippen molar-refractivity contribution in [2.24, 2.45) is 11.7 Å². The SMILES string of the molecule is CC(C)CC(NC(=O)C(N)CS)C(=O)NC(Cc1ccccc1)C(=O)NC(Cc1c[nH]c2ccccc12)C(=O)O. The summed E-state index contributed by atoms with van der Waals surface area (Å²) in [5.41, 5.74) is 8.15. The fraction of sp³-hybridized carbons (Fsp3) is 0.379. The number of carboxylic acids is 1. The number of H-pyrrole nitrogens is 1. The number of carbonyl (C=O) groups is 4. The lowest BCUT2D eigenvalue weighted by Crippen LogP contribution is -2.58. The highest BCUT2D eigenvalue weighted by molar-refractivity contribution is 7.80. The van der Waals surface area contributed by atoms with E-state index in [2.05, 4.69) is 33.6 Å². The van der Waals surface area contributed by atoms with E-state index in [0.717, 1.165) is 22.0 Å². The van der Waals surface area contributed by atoms with Crippen LogP contribution in [-0.4, -0.2) is 63.7 Å². The molecule has 7 N–H and O–H groups in total. The third-order valence-electron chi connectivity index (χ3n) is 6.50. The van der Waals surface area contributed by atoms with Crippen molar-refractivity contribution in [2.45, 2.75) is 57.3 Å². The van der Waals surface area contributed by atoms with E-state index in [0.29, 0.717) is 6.42 Å². The van der Waals surface area contributed by atoms with Gasteiger partial charge in [0.1, 0.15) is 18.1 Å². The number of carboxylic acid groups (broad SMARTS) is 1. The highest BCUT2D eigenvalue weighted by atomic mass is 32.1. The number of nitrogens with one attached hydrogen (secondary N) is 4. The smallest absolute Gasteiger partial charge is 0.326 e. The number of aromatic amines is 1. The summed E-state index contributed by atoms with van der Waals surface area (Å²) in [5.74, 6) is -2.77. The molecule has 0 aliphatic carbocycles. The van der Waals surface area contributed by atoms with Crippen molar-refractivity contribution in [1.82, 2.24) is 20.9 Å². The van der Waals surface area contributed by atoms with E-state index < -0.39 is 47.9 Å². The molecule has 11 heteroatoms. The number of fused-ring (bicyclic) bond motifs is 1. The second kappa shape index (κ2) is 14.5. The normalized spacial score (nSPS) is 14.2. The summed E-state index contributed by atoms with van der Waals surface area (Å²) in [6, 6.07) is 12.4. The van der Waals surface area contributed by atoms with Gasteiger partial charge < -0.3 is 31.8 Å². The molecule has 0 radical (unpaired) electrons. The maximum absolute atomic E-state index is 13.5. The molecule has 4 unspecified atom stereocenters. The molecule has 0 aliphatic heterocycles. The first-order valence-corrected chi connectivity index (χ1v) is 13.8. The Morgan fingerprint density at radius 2 is 1.45 bits per heavy atom. The maximum atomic E-state index is 13.5. The number of rotatable bonds is 14. The Labute approximate surface area is 238 Å². The van der Waals surface area contributed by atoms with Gasteiger partial charge in [-0.2, -0.15) is 12.6 Å². The van der Waals surface area contributed by atoms with Gasteiger partial charge >= 0.3 is 5.97 Å². The first-order chi connectivity index (χ1) is 19.1. The van der Waals surface area contributed by atoms with Gasteiger partial charge in [0.25, 0.3) is 0 Å². The van der Waals surface area contributed by atoms with Crippen LogP contribution in [0, 0.1) is 5.92 Å². The molecule has 0 fully saturated rings. The van der Waals surface area contributed by atoms with Gasteiger partial charge in [0.05, 0.1) is 6.04 Å². The third kappa shape index (κ3) is 8.59. The minimum Gasteiger partial charge on any atom is -0.480 e. The molecule has 1 aromatic heterocycles. The number of thiol groups is 1. The standard InChI is InChI=1S/C29H37N5O5S/c1-17(2)12-23(32-26(35)21(30)16-40)27(36)33-24(13-18-8-4-3-5-9-18)28(37)34-25(29(38)39)14-19-15-31-22-11-7-6-10-20(19)22/h3-11,15,17,21,23-25,31,40H,12-14,16,30H2,1-2H3,(H,32,35)(H,33,36)(H,34,37)(H,38,39). The van der Waals surface area contributed by atoms with E-state index in [1.807, 2.05) is 68.4 Å². The van der Waals surface area contributed by atoms with Crippen molar-refractivity contribution >= 4 is 47.2 Å². The van der Waals surface area contributed by atoms with E-state index in [-0.39, 0.29) is 24.5 Å². The monoisotopic (exact) mass is 567 g/mol. The average Bonchev–Trinajstić information content (AvgIpc) is 3.34. The number of aliphatic carboxylic acids is 1. The zero-order valence-corrected chi connectivity index (χ0v) is 23.5. The second-order valence-electron chi connectivity index (χ2n) is 10.2. The van der Waals surface area contributed by atoms with Crippen molar-refractivity contribution in [3.05, 3.63) is 71.9 Å². The van der Waals surface area contributed by atoms with Crippen LogP contribution in [0.4, 0.5) is 0 Å². The lowest BCUT2D eigenvalue weighted by molar-refractivity contribution is -0.142. The molecule has 3 rings (SSSR count). The number of hydrogen-bond acceptors (Lipinski definition) is 6. The third-order valence-corrected chi connectivity index (χ3v) is 6.90. The van der Waals surface area contributed by atoms with Crippen LogP contribution in [0.1, 0.15) is 31.4 Å². The molecule has 4 atom stereocenters. The Balaban J connectivity index is 1.81. The van der Waals surface area contributed by atoms with Crippen LogP contribution >= 0.6 is 12.6 Å². The van der Waals surface area contributed by atoms with Crippen molar-refractivity contribution in [1.29, 1.82) is 0 Å². The summed E-state index contributed by atoms with van der Waals surface area (Å²) in [5, 5.41) is 18.8. The van der Waals surface area contributed by atoms with Crippen LogP contribution in [0.3, 0.4) is 0 Å². The lowest BCUT2D eigenvalue weighted by Gasteiger charge is -2.26. The summed E-state index contributed by atoms with van der Waals surface area (Å²) in [7, 11) is 0. The Morgan fingerprint density at radius 1 is 0.850 bits per heavy atom. The fourth-order valence-corrected chi connectivity index (χ4v) is 4.55. The molecule has 3 amide bonds. The summed E-state index contributed by atoms with van der Waals surface area (Å²) in [4.78, 5) is 54.6. The van der Waals surface area contributed by atoms with E-state index in [4.69, 9.17) is 5.73 Å². The number of para-hydroxylation sites is 1. The Kier molecular flexibility index (Phi) is 11.2. The quantitative estimate of drug-likeness (QED) is 0.147. The van der Waals surface area contributed by atoms with E-state index >= 15 is 0 Å². The molecule has 2 aromatic carbocycles. The first-order valence-electron chi connectivity index (χ1n) is 13.2. The minimum absolute atomic E-state index is 0.0464. The van der Waals surface area contributed by atoms with Gasteiger partial charge in [0, 0.05) is 35.7 Å². The van der Waals surface area contributed by atoms with Gasteiger partial charge in [-0.05, 0) is 29.5 Å². The van der Waals surface area contributed by atoms with Gasteiger partial charge in [0.2, 0.25) is 17.7 Å². The Morgan fingerprint density at radius 3 is 2.10 bits per heavy atom. The number of amides is 3. The molecule has 0 spiro atoms. The van der Waals surface area contributed by atoms with E-state index in [9.17, 15) is 24.3 Å². The Bertz CT molecular complexity index is 1310. The number of benzene rings is 2. The van der Waals surface area contributed by atoms with Crippen molar-refractivity contribution < 1.29 is 24.3 Å². The van der Waals surface area contributed by atoms with Gasteiger partial charge in [0.15, 0.2) is 0 Å². The van der Waals surface area contributed by atoms with E-state index in [1.54, 1.807) is 6.20 Å². The van der Waals surface area contributed by atoms with Crippen LogP contribution < -0.4 is 21.7 Å². The topological polar surface area (TPSA) is 166 Å². The molecular weight excluding hydrogens is 530 g/mol. The number of aromatic nitrogens is 1. The zero-order valence-electron chi connectivity index (χ0n) is 22.6. The van der Waals surface area contributed by atoms with Crippen molar-refractivity contribution in [3.8, 4) is 0 Å². The molecule has 0 bridgehead atoms. The molecule has 3 aromatic rings. The molecule has 0 saturated carbocycles. The van der Waals surface area contributed by atoms with Gasteiger partial charge in [-0.1, -0.05) is 62.4 Å². The van der Waals surface area contributed by atoms with Crippen LogP contribution in [0.2, 0.25) is 0 Å². The lowest BCUT2D eigenvalue weighted by atomic mass is 10.00. The molecule has 1 heterocycles. The average molecular weight is 568 g/mol. The predicted molar refractivity (Wildman–Crippen MR) is 157 cm³/mol. The Hall–Kier alpha value is -3.83. The maximum Gasteiger partial charge on any atom is 0.326 e. The fourth-order valence-electron chi connectivity index (χ4n) is 4.39. The highest BCUT2D eigenvalue weighted by Gasteiger charge is 2.31. The van der Waals surface area contributed by atoms with Crippen LogP contribution in [0.15, 0.2) is 60.8 Å². The predicted octanol–water partition coefficient (Wildman–Crippen LogP) is 1.80. The summed E-state index contributed by atoms with van der Waals surface area (Å²) in [6.07, 6.45) is 2.21. The van der Waals surface area contributed by atoms with Crippen LogP contribution in [0.5, 0.6) is 0 Å². The molecule has 214 valence electrons. The van der Waals surface area contributed by atoms with Gasteiger partial charge in [-0.15, -0.1) is 0 Å². The van der Waals surface area contributed by atoms with Crippen molar-refractivity contribution in [2.75, 3.05) is 5.75 Å². The summed E-state index contributed by atoms with van der Waals surface area (Å²) in [6.45, 7) is 3.81. The number of hydrogen-bond donors (Lipinski definition) is 7.